The van der Waals surface area contributed by atoms with Gasteiger partial charge in [-0.25, -0.2) is 9.59 Å². The minimum atomic E-state index is -1.99. The third kappa shape index (κ3) is 6.25. The minimum absolute atomic E-state index is 0.263. The van der Waals surface area contributed by atoms with Crippen molar-refractivity contribution in [3.05, 3.63) is 0 Å². The van der Waals surface area contributed by atoms with E-state index in [1.807, 2.05) is 6.92 Å². The van der Waals surface area contributed by atoms with Gasteiger partial charge in [-0.05, 0) is 31.1 Å². The zero-order chi connectivity index (χ0) is 16.6. The normalized spacial score (nSPS) is 15.8. The van der Waals surface area contributed by atoms with E-state index in [-0.39, 0.29) is 6.10 Å². The van der Waals surface area contributed by atoms with Gasteiger partial charge in [0, 0.05) is 0 Å². The Balaban J connectivity index is 4.53. The fraction of sp³-hybridized carbons (Fsp3) is 0.875. The summed E-state index contributed by atoms with van der Waals surface area (Å²) >= 11 is 5.99. The molecule has 2 unspecified atom stereocenters. The number of carboxylic acids is 1. The molecule has 0 aliphatic heterocycles. The van der Waals surface area contributed by atoms with Crippen molar-refractivity contribution in [1.82, 2.24) is 0 Å². The van der Waals surface area contributed by atoms with Crippen LogP contribution in [0.5, 0.6) is 0 Å². The van der Waals surface area contributed by atoms with Crippen molar-refractivity contribution in [2.75, 3.05) is 0 Å². The number of hydrogen-bond acceptors (Lipinski definition) is 3. The highest BCUT2D eigenvalue weighted by atomic mass is 35.5. The van der Waals surface area contributed by atoms with Crippen LogP contribution < -0.4 is 0 Å². The second kappa shape index (κ2) is 9.29. The van der Waals surface area contributed by atoms with Crippen LogP contribution in [0, 0.1) is 11.8 Å². The number of halogens is 1. The molecule has 0 spiro atoms. The van der Waals surface area contributed by atoms with Gasteiger partial charge in [-0.15, -0.1) is 0 Å². The number of hydrogen-bond donors (Lipinski definition) is 1. The molecule has 0 saturated carbocycles. The molecule has 0 rings (SSSR count). The first-order valence-electron chi connectivity index (χ1n) is 7.79. The van der Waals surface area contributed by atoms with E-state index in [0.717, 1.165) is 25.7 Å². The molecule has 0 aromatic rings. The number of aliphatic carboxylic acids is 1. The second-order valence-electron chi connectivity index (χ2n) is 6.29. The van der Waals surface area contributed by atoms with Crippen molar-refractivity contribution in [2.24, 2.45) is 11.8 Å². The van der Waals surface area contributed by atoms with E-state index in [1.54, 1.807) is 13.8 Å². The van der Waals surface area contributed by atoms with Crippen LogP contribution in [0.1, 0.15) is 66.7 Å². The monoisotopic (exact) mass is 320 g/mol. The highest BCUT2D eigenvalue weighted by molar-refractivity contribution is 6.44. The summed E-state index contributed by atoms with van der Waals surface area (Å²) in [5, 5.41) is 9.20. The molecular weight excluding hydrogens is 292 g/mol. The molecular formula is C16H29ClO4. The van der Waals surface area contributed by atoms with E-state index < -0.39 is 22.7 Å². The average molecular weight is 321 g/mol. The molecule has 5 heteroatoms. The quantitative estimate of drug-likeness (QED) is 0.283. The van der Waals surface area contributed by atoms with E-state index in [0.29, 0.717) is 12.3 Å². The molecule has 0 aromatic carbocycles. The maximum Gasteiger partial charge on any atom is 0.339 e. The Morgan fingerprint density at radius 2 is 1.67 bits per heavy atom. The zero-order valence-corrected chi connectivity index (χ0v) is 14.6. The molecule has 0 saturated heterocycles. The average Bonchev–Trinajstić information content (AvgIpc) is 2.39. The highest BCUT2D eigenvalue weighted by Gasteiger charge is 2.49. The number of rotatable bonds is 10. The van der Waals surface area contributed by atoms with Gasteiger partial charge in [0.25, 0.3) is 0 Å². The minimum Gasteiger partial charge on any atom is -0.479 e. The van der Waals surface area contributed by atoms with Crippen molar-refractivity contribution in [3.63, 3.8) is 0 Å². The third-order valence-electron chi connectivity index (χ3n) is 3.69. The maximum atomic E-state index is 12.1. The molecule has 21 heavy (non-hydrogen) atoms. The summed E-state index contributed by atoms with van der Waals surface area (Å²) in [6.07, 6.45) is 4.35. The van der Waals surface area contributed by atoms with Crippen LogP contribution in [0.2, 0.25) is 0 Å². The molecule has 0 heterocycles. The fourth-order valence-corrected chi connectivity index (χ4v) is 2.12. The van der Waals surface area contributed by atoms with Gasteiger partial charge < -0.3 is 9.84 Å². The number of ether oxygens (including phenoxy) is 1. The summed E-state index contributed by atoms with van der Waals surface area (Å²) in [5.74, 6) is -2.07. The predicted octanol–water partition coefficient (Wildman–Crippen LogP) is 4.24. The molecule has 0 fully saturated rings. The molecule has 0 aliphatic rings. The lowest BCUT2D eigenvalue weighted by atomic mass is 9.95. The van der Waals surface area contributed by atoms with Crippen molar-refractivity contribution in [1.29, 1.82) is 0 Å². The molecule has 4 nitrogen and oxygen atoms in total. The van der Waals surface area contributed by atoms with Crippen molar-refractivity contribution in [2.45, 2.75) is 77.7 Å². The Morgan fingerprint density at radius 1 is 1.14 bits per heavy atom. The number of carboxylic acid groups (broad SMARTS) is 1. The van der Waals surface area contributed by atoms with E-state index in [1.165, 1.54) is 0 Å². The van der Waals surface area contributed by atoms with Crippen LogP contribution in [0.3, 0.4) is 0 Å². The number of carbonyl (C=O) groups excluding carboxylic acids is 1. The zero-order valence-electron chi connectivity index (χ0n) is 13.8. The van der Waals surface area contributed by atoms with Crippen molar-refractivity contribution in [3.8, 4) is 0 Å². The van der Waals surface area contributed by atoms with Crippen LogP contribution in [-0.2, 0) is 14.3 Å². The highest BCUT2D eigenvalue weighted by Crippen LogP contribution is 2.29. The summed E-state index contributed by atoms with van der Waals surface area (Å²) in [6.45, 7) is 9.48. The van der Waals surface area contributed by atoms with E-state index in [4.69, 9.17) is 16.3 Å². The molecule has 0 bridgehead atoms. The smallest absolute Gasteiger partial charge is 0.339 e. The van der Waals surface area contributed by atoms with Gasteiger partial charge in [0.2, 0.25) is 4.87 Å². The SMILES string of the molecule is CCC(CCCCC(C)C)OC(=O)C(Cl)(C(=O)O)C(C)C. The summed E-state index contributed by atoms with van der Waals surface area (Å²) < 4.78 is 5.34. The van der Waals surface area contributed by atoms with Gasteiger partial charge in [-0.1, -0.05) is 59.1 Å². The Labute approximate surface area is 133 Å². The molecule has 124 valence electrons. The van der Waals surface area contributed by atoms with Crippen LogP contribution >= 0.6 is 11.6 Å². The van der Waals surface area contributed by atoms with Crippen LogP contribution in [0.25, 0.3) is 0 Å². The van der Waals surface area contributed by atoms with Crippen LogP contribution in [0.4, 0.5) is 0 Å². The van der Waals surface area contributed by atoms with Crippen LogP contribution in [-0.4, -0.2) is 28.0 Å². The number of unbranched alkanes of at least 4 members (excludes halogenated alkanes) is 1. The van der Waals surface area contributed by atoms with Crippen molar-refractivity contribution < 1.29 is 19.4 Å². The van der Waals surface area contributed by atoms with Gasteiger partial charge in [0.05, 0.1) is 0 Å². The van der Waals surface area contributed by atoms with Crippen molar-refractivity contribution >= 4 is 23.5 Å². The van der Waals surface area contributed by atoms with Gasteiger partial charge in [0.15, 0.2) is 0 Å². The predicted molar refractivity (Wildman–Crippen MR) is 84.5 cm³/mol. The largest absolute Gasteiger partial charge is 0.479 e. The van der Waals surface area contributed by atoms with Gasteiger partial charge in [0.1, 0.15) is 6.10 Å². The molecule has 1 N–H and O–H groups in total. The lowest BCUT2D eigenvalue weighted by Gasteiger charge is -2.27. The first-order chi connectivity index (χ1) is 9.66. The standard InChI is InChI=1S/C16H29ClO4/c1-6-13(10-8-7-9-11(2)3)21-15(20)16(17,12(4)5)14(18)19/h11-13H,6-10H2,1-5H3,(H,18,19). The Kier molecular flexibility index (Phi) is 8.95. The molecule has 0 aromatic heterocycles. The third-order valence-corrected chi connectivity index (χ3v) is 4.44. The van der Waals surface area contributed by atoms with E-state index in [9.17, 15) is 14.7 Å². The lowest BCUT2D eigenvalue weighted by molar-refractivity contribution is -0.162. The number of esters is 1. The molecule has 0 aliphatic carbocycles. The van der Waals surface area contributed by atoms with E-state index in [2.05, 4.69) is 13.8 Å². The first-order valence-corrected chi connectivity index (χ1v) is 8.17. The molecule has 0 radical (unpaired) electrons. The van der Waals surface area contributed by atoms with Crippen LogP contribution in [0.15, 0.2) is 0 Å². The van der Waals surface area contributed by atoms with Gasteiger partial charge >= 0.3 is 11.9 Å². The first kappa shape index (κ1) is 20.2. The second-order valence-corrected chi connectivity index (χ2v) is 6.88. The number of carbonyl (C=O) groups is 2. The Bertz CT molecular complexity index is 341. The van der Waals surface area contributed by atoms with Gasteiger partial charge in [-0.3, -0.25) is 0 Å². The van der Waals surface area contributed by atoms with Gasteiger partial charge in [-0.2, -0.15) is 0 Å². The topological polar surface area (TPSA) is 63.6 Å². The summed E-state index contributed by atoms with van der Waals surface area (Å²) in [5.41, 5.74) is 0. The summed E-state index contributed by atoms with van der Waals surface area (Å²) in [4.78, 5) is 21.4. The Morgan fingerprint density at radius 3 is 2.05 bits per heavy atom. The summed E-state index contributed by atoms with van der Waals surface area (Å²) in [6, 6.07) is 0. The summed E-state index contributed by atoms with van der Waals surface area (Å²) in [7, 11) is 0. The van der Waals surface area contributed by atoms with E-state index >= 15 is 0 Å². The molecule has 2 atom stereocenters. The lowest BCUT2D eigenvalue weighted by Crippen LogP contribution is -2.48. The number of alkyl halides is 1. The Hall–Kier alpha value is -0.770. The fourth-order valence-electron chi connectivity index (χ4n) is 2.08. The molecule has 0 amide bonds. The maximum absolute atomic E-state index is 12.1.